The van der Waals surface area contributed by atoms with Crippen LogP contribution in [0.3, 0.4) is 0 Å². The SMILES string of the molecule is COc1ccc(C(=O)N2CCN(C3=Nc4ccc(C)cc4Oc4ccc(C)cc43)C[C@H]2C)cc1OC. The number of hydrogen-bond acceptors (Lipinski definition) is 6. The van der Waals surface area contributed by atoms with Gasteiger partial charge in [-0.15, -0.1) is 0 Å². The number of amidine groups is 1. The van der Waals surface area contributed by atoms with E-state index in [0.717, 1.165) is 39.7 Å². The standard InChI is InChI=1S/C29H31N3O4/c1-18-7-10-24-22(14-18)28(30-23-9-6-19(2)15-26(23)36-24)31-12-13-32(20(3)17-31)29(33)21-8-11-25(34-4)27(16-21)35-5/h6-11,14-16,20H,12-13,17H2,1-5H3/t20-/m1/s1. The van der Waals surface area contributed by atoms with E-state index in [0.29, 0.717) is 36.7 Å². The number of aryl methyl sites for hydroxylation is 2. The molecule has 0 aromatic heterocycles. The maximum atomic E-state index is 13.4. The molecule has 0 radical (unpaired) electrons. The van der Waals surface area contributed by atoms with E-state index in [4.69, 9.17) is 19.2 Å². The van der Waals surface area contributed by atoms with Crippen LogP contribution in [0.15, 0.2) is 59.6 Å². The predicted octanol–water partition coefficient (Wildman–Crippen LogP) is 5.35. The summed E-state index contributed by atoms with van der Waals surface area (Å²) in [7, 11) is 3.16. The highest BCUT2D eigenvalue weighted by molar-refractivity contribution is 6.04. The molecule has 186 valence electrons. The summed E-state index contributed by atoms with van der Waals surface area (Å²) in [5, 5.41) is 0. The van der Waals surface area contributed by atoms with Gasteiger partial charge in [0.15, 0.2) is 17.2 Å². The second kappa shape index (κ2) is 9.57. The van der Waals surface area contributed by atoms with Crippen molar-refractivity contribution in [1.29, 1.82) is 0 Å². The Balaban J connectivity index is 1.44. The lowest BCUT2D eigenvalue weighted by Crippen LogP contribution is -2.55. The highest BCUT2D eigenvalue weighted by Gasteiger charge is 2.32. The molecular weight excluding hydrogens is 454 g/mol. The molecule has 1 amide bonds. The van der Waals surface area contributed by atoms with E-state index >= 15 is 0 Å². The molecule has 2 aliphatic heterocycles. The van der Waals surface area contributed by atoms with Gasteiger partial charge in [0, 0.05) is 31.2 Å². The van der Waals surface area contributed by atoms with E-state index in [1.165, 1.54) is 0 Å². The molecule has 5 rings (SSSR count). The molecular formula is C29H31N3O4. The molecule has 7 heteroatoms. The molecule has 2 heterocycles. The third kappa shape index (κ3) is 4.37. The van der Waals surface area contributed by atoms with Gasteiger partial charge in [-0.25, -0.2) is 4.99 Å². The lowest BCUT2D eigenvalue weighted by atomic mass is 10.1. The first-order valence-corrected chi connectivity index (χ1v) is 12.1. The number of carbonyl (C=O) groups excluding carboxylic acids is 1. The molecule has 0 N–H and O–H groups in total. The molecule has 1 fully saturated rings. The van der Waals surface area contributed by atoms with Crippen LogP contribution in [0, 0.1) is 13.8 Å². The van der Waals surface area contributed by atoms with Crippen LogP contribution >= 0.6 is 0 Å². The molecule has 0 spiro atoms. The van der Waals surface area contributed by atoms with E-state index in [-0.39, 0.29) is 11.9 Å². The Morgan fingerprint density at radius 1 is 0.917 bits per heavy atom. The van der Waals surface area contributed by atoms with Crippen LogP contribution in [0.4, 0.5) is 5.69 Å². The van der Waals surface area contributed by atoms with Crippen molar-refractivity contribution in [3.05, 3.63) is 76.9 Å². The molecule has 0 unspecified atom stereocenters. The minimum absolute atomic E-state index is 0.0167. The zero-order chi connectivity index (χ0) is 25.4. The summed E-state index contributed by atoms with van der Waals surface area (Å²) in [6.07, 6.45) is 0. The number of nitrogens with zero attached hydrogens (tertiary/aromatic N) is 3. The van der Waals surface area contributed by atoms with Gasteiger partial charge in [0.25, 0.3) is 5.91 Å². The first kappa shape index (κ1) is 23.7. The second-order valence-corrected chi connectivity index (χ2v) is 9.37. The maximum absolute atomic E-state index is 13.4. The van der Waals surface area contributed by atoms with E-state index in [9.17, 15) is 4.79 Å². The molecule has 0 aliphatic carbocycles. The summed E-state index contributed by atoms with van der Waals surface area (Å²) >= 11 is 0. The molecule has 1 atom stereocenters. The normalized spacial score (nSPS) is 16.8. The summed E-state index contributed by atoms with van der Waals surface area (Å²) in [4.78, 5) is 22.7. The number of benzene rings is 3. The first-order chi connectivity index (χ1) is 17.4. The molecule has 0 saturated carbocycles. The van der Waals surface area contributed by atoms with E-state index in [1.807, 2.05) is 36.1 Å². The Bertz CT molecular complexity index is 1350. The molecule has 36 heavy (non-hydrogen) atoms. The van der Waals surface area contributed by atoms with Crippen LogP contribution in [0.25, 0.3) is 0 Å². The van der Waals surface area contributed by atoms with Gasteiger partial charge in [0.1, 0.15) is 17.3 Å². The van der Waals surface area contributed by atoms with Crippen molar-refractivity contribution < 1.29 is 19.0 Å². The highest BCUT2D eigenvalue weighted by atomic mass is 16.5. The van der Waals surface area contributed by atoms with Crippen LogP contribution in [-0.4, -0.2) is 61.4 Å². The van der Waals surface area contributed by atoms with E-state index in [2.05, 4.69) is 30.9 Å². The van der Waals surface area contributed by atoms with Gasteiger partial charge < -0.3 is 24.0 Å². The third-order valence-corrected chi connectivity index (χ3v) is 6.76. The first-order valence-electron chi connectivity index (χ1n) is 12.1. The summed E-state index contributed by atoms with van der Waals surface area (Å²) < 4.78 is 17.0. The van der Waals surface area contributed by atoms with Gasteiger partial charge in [0.05, 0.1) is 19.8 Å². The quantitative estimate of drug-likeness (QED) is 0.500. The Kier molecular flexibility index (Phi) is 6.31. The maximum Gasteiger partial charge on any atom is 0.254 e. The van der Waals surface area contributed by atoms with Crippen molar-refractivity contribution in [3.63, 3.8) is 0 Å². The van der Waals surface area contributed by atoms with Crippen LogP contribution in [0.5, 0.6) is 23.0 Å². The Labute approximate surface area is 211 Å². The van der Waals surface area contributed by atoms with Gasteiger partial charge in [-0.2, -0.15) is 0 Å². The Morgan fingerprint density at radius 3 is 2.42 bits per heavy atom. The minimum Gasteiger partial charge on any atom is -0.493 e. The lowest BCUT2D eigenvalue weighted by Gasteiger charge is -2.41. The smallest absolute Gasteiger partial charge is 0.254 e. The van der Waals surface area contributed by atoms with E-state index < -0.39 is 0 Å². The van der Waals surface area contributed by atoms with Crippen LogP contribution in [0.2, 0.25) is 0 Å². The van der Waals surface area contributed by atoms with Crippen molar-refractivity contribution in [2.75, 3.05) is 33.9 Å². The largest absolute Gasteiger partial charge is 0.493 e. The number of ether oxygens (including phenoxy) is 3. The minimum atomic E-state index is -0.0219. The van der Waals surface area contributed by atoms with Crippen LogP contribution < -0.4 is 14.2 Å². The van der Waals surface area contributed by atoms with Gasteiger partial charge in [-0.3, -0.25) is 4.79 Å². The fourth-order valence-electron chi connectivity index (χ4n) is 4.82. The number of amides is 1. The number of carbonyl (C=O) groups is 1. The predicted molar refractivity (Wildman–Crippen MR) is 140 cm³/mol. The number of methoxy groups -OCH3 is 2. The Hall–Kier alpha value is -4.00. The zero-order valence-electron chi connectivity index (χ0n) is 21.4. The molecule has 3 aromatic rings. The summed E-state index contributed by atoms with van der Waals surface area (Å²) in [5.41, 5.74) is 4.62. The van der Waals surface area contributed by atoms with Gasteiger partial charge in [-0.1, -0.05) is 17.7 Å². The number of rotatable bonds is 3. The molecule has 0 bridgehead atoms. The number of aliphatic imine (C=N–C) groups is 1. The fraction of sp³-hybridized carbons (Fsp3) is 0.310. The highest BCUT2D eigenvalue weighted by Crippen LogP contribution is 2.39. The topological polar surface area (TPSA) is 63.6 Å². The number of piperazine rings is 1. The fourth-order valence-corrected chi connectivity index (χ4v) is 4.82. The molecule has 1 saturated heterocycles. The molecule has 3 aromatic carbocycles. The van der Waals surface area contributed by atoms with Crippen LogP contribution in [-0.2, 0) is 0 Å². The van der Waals surface area contributed by atoms with Crippen molar-refractivity contribution in [1.82, 2.24) is 9.80 Å². The number of fused-ring (bicyclic) bond motifs is 2. The van der Waals surface area contributed by atoms with Crippen molar-refractivity contribution in [3.8, 4) is 23.0 Å². The summed E-state index contributed by atoms with van der Waals surface area (Å²) in [5.74, 6) is 3.55. The van der Waals surface area contributed by atoms with Crippen molar-refractivity contribution in [2.24, 2.45) is 4.99 Å². The average Bonchev–Trinajstić information content (AvgIpc) is 3.04. The second-order valence-electron chi connectivity index (χ2n) is 9.37. The summed E-state index contributed by atoms with van der Waals surface area (Å²) in [6, 6.07) is 17.5. The van der Waals surface area contributed by atoms with Crippen molar-refractivity contribution >= 4 is 17.4 Å². The third-order valence-electron chi connectivity index (χ3n) is 6.76. The molecule has 2 aliphatic rings. The monoisotopic (exact) mass is 485 g/mol. The molecule has 7 nitrogen and oxygen atoms in total. The lowest BCUT2D eigenvalue weighted by molar-refractivity contribution is 0.0581. The van der Waals surface area contributed by atoms with E-state index in [1.54, 1.807) is 32.4 Å². The van der Waals surface area contributed by atoms with Gasteiger partial charge >= 0.3 is 0 Å². The summed E-state index contributed by atoms with van der Waals surface area (Å²) in [6.45, 7) is 8.10. The average molecular weight is 486 g/mol. The van der Waals surface area contributed by atoms with Crippen molar-refractivity contribution in [2.45, 2.75) is 26.8 Å². The van der Waals surface area contributed by atoms with Gasteiger partial charge in [0.2, 0.25) is 0 Å². The van der Waals surface area contributed by atoms with Gasteiger partial charge in [-0.05, 0) is 68.8 Å². The zero-order valence-corrected chi connectivity index (χ0v) is 21.4. The van der Waals surface area contributed by atoms with Crippen LogP contribution in [0.1, 0.15) is 34.0 Å². The Morgan fingerprint density at radius 2 is 1.67 bits per heavy atom. The number of hydrogen-bond donors (Lipinski definition) is 0.